The Morgan fingerprint density at radius 2 is 2.11 bits per heavy atom. The smallest absolute Gasteiger partial charge is 0.124 e. The molecule has 0 aliphatic carbocycles. The molecule has 1 aromatic carbocycles. The van der Waals surface area contributed by atoms with Gasteiger partial charge in [-0.1, -0.05) is 25.1 Å². The molecule has 0 saturated carbocycles. The summed E-state index contributed by atoms with van der Waals surface area (Å²) < 4.78 is 6.65. The predicted octanol–water partition coefficient (Wildman–Crippen LogP) is 4.53. The molecule has 0 aliphatic rings. The molecule has 0 bridgehead atoms. The molecule has 0 saturated heterocycles. The van der Waals surface area contributed by atoms with E-state index in [0.29, 0.717) is 0 Å². The zero-order chi connectivity index (χ0) is 13.8. The van der Waals surface area contributed by atoms with Gasteiger partial charge in [0.2, 0.25) is 0 Å². The Morgan fingerprint density at radius 1 is 1.37 bits per heavy atom. The average Bonchev–Trinajstić information content (AvgIpc) is 2.75. The number of para-hydroxylation sites is 1. The van der Waals surface area contributed by atoms with Gasteiger partial charge in [-0.15, -0.1) is 11.3 Å². The minimum Gasteiger partial charge on any atom is -0.496 e. The molecule has 2 rings (SSSR count). The number of aryl methyl sites for hydroxylation is 1. The van der Waals surface area contributed by atoms with Gasteiger partial charge in [-0.3, -0.25) is 0 Å². The highest BCUT2D eigenvalue weighted by Crippen LogP contribution is 2.38. The summed E-state index contributed by atoms with van der Waals surface area (Å²) in [7, 11) is 1.72. The second kappa shape index (κ2) is 6.55. The Bertz CT molecular complexity index is 553. The summed E-state index contributed by atoms with van der Waals surface area (Å²) in [5.41, 5.74) is 1.18. The lowest BCUT2D eigenvalue weighted by molar-refractivity contribution is 0.404. The number of ether oxygens (including phenoxy) is 1. The van der Waals surface area contributed by atoms with Gasteiger partial charge in [0.05, 0.1) is 13.2 Å². The van der Waals surface area contributed by atoms with Crippen LogP contribution in [0.3, 0.4) is 0 Å². The molecular weight excluding hydrogens is 322 g/mol. The zero-order valence-electron chi connectivity index (χ0n) is 11.4. The third-order valence-electron chi connectivity index (χ3n) is 2.96. The molecule has 19 heavy (non-hydrogen) atoms. The van der Waals surface area contributed by atoms with E-state index in [1.807, 2.05) is 23.5 Å². The molecule has 0 aliphatic heterocycles. The maximum Gasteiger partial charge on any atom is 0.124 e. The van der Waals surface area contributed by atoms with E-state index in [2.05, 4.69) is 53.3 Å². The van der Waals surface area contributed by atoms with E-state index >= 15 is 0 Å². The Labute approximate surface area is 126 Å². The lowest BCUT2D eigenvalue weighted by Gasteiger charge is -2.20. The fraction of sp³-hybridized carbons (Fsp3) is 0.333. The van der Waals surface area contributed by atoms with Gasteiger partial charge in [0.1, 0.15) is 5.75 Å². The van der Waals surface area contributed by atoms with E-state index in [4.69, 9.17) is 4.74 Å². The van der Waals surface area contributed by atoms with Crippen LogP contribution in [-0.2, 0) is 0 Å². The fourth-order valence-corrected chi connectivity index (χ4v) is 4.13. The second-order valence-corrected chi connectivity index (χ2v) is 6.44. The summed E-state index contributed by atoms with van der Waals surface area (Å²) in [6, 6.07) is 10.5. The van der Waals surface area contributed by atoms with Crippen LogP contribution in [0.25, 0.3) is 0 Å². The van der Waals surface area contributed by atoms with Crippen molar-refractivity contribution in [2.24, 2.45) is 0 Å². The van der Waals surface area contributed by atoms with Gasteiger partial charge in [0.25, 0.3) is 0 Å². The van der Waals surface area contributed by atoms with Crippen LogP contribution >= 0.6 is 27.3 Å². The number of thiophene rings is 1. The van der Waals surface area contributed by atoms with Crippen molar-refractivity contribution in [2.45, 2.75) is 19.9 Å². The van der Waals surface area contributed by atoms with Gasteiger partial charge in [-0.25, -0.2) is 0 Å². The number of hydrogen-bond donors (Lipinski definition) is 1. The number of halogens is 1. The Hall–Kier alpha value is -0.840. The Morgan fingerprint density at radius 3 is 2.68 bits per heavy atom. The lowest BCUT2D eigenvalue weighted by atomic mass is 10.0. The summed E-state index contributed by atoms with van der Waals surface area (Å²) in [5.74, 6) is 0.923. The molecule has 0 amide bonds. The summed E-state index contributed by atoms with van der Waals surface area (Å²) in [4.78, 5) is 2.60. The summed E-state index contributed by atoms with van der Waals surface area (Å²) in [6.45, 7) is 5.16. The Balaban J connectivity index is 2.48. The first-order valence-electron chi connectivity index (χ1n) is 6.29. The number of methoxy groups -OCH3 is 1. The van der Waals surface area contributed by atoms with Gasteiger partial charge in [0.15, 0.2) is 0 Å². The number of nitrogens with one attached hydrogen (secondary N) is 1. The quantitative estimate of drug-likeness (QED) is 0.864. The topological polar surface area (TPSA) is 21.3 Å². The first-order valence-corrected chi connectivity index (χ1v) is 7.90. The van der Waals surface area contributed by atoms with E-state index < -0.39 is 0 Å². The van der Waals surface area contributed by atoms with Gasteiger partial charge < -0.3 is 10.1 Å². The van der Waals surface area contributed by atoms with Crippen molar-refractivity contribution in [1.82, 2.24) is 5.32 Å². The van der Waals surface area contributed by atoms with Crippen LogP contribution < -0.4 is 10.1 Å². The van der Waals surface area contributed by atoms with Gasteiger partial charge >= 0.3 is 0 Å². The van der Waals surface area contributed by atoms with Crippen LogP contribution in [0.2, 0.25) is 0 Å². The molecule has 1 N–H and O–H groups in total. The fourth-order valence-electron chi connectivity index (χ4n) is 2.15. The van der Waals surface area contributed by atoms with Crippen molar-refractivity contribution in [3.05, 3.63) is 50.1 Å². The molecule has 1 heterocycles. The first kappa shape index (κ1) is 14.6. The average molecular weight is 340 g/mol. The lowest BCUT2D eigenvalue weighted by Crippen LogP contribution is -2.22. The maximum atomic E-state index is 5.49. The molecule has 1 atom stereocenters. The SMILES string of the molecule is CCNC(c1ccccc1OC)c1sc(C)cc1Br. The molecule has 2 aromatic rings. The monoisotopic (exact) mass is 339 g/mol. The van der Waals surface area contributed by atoms with Crippen molar-refractivity contribution < 1.29 is 4.74 Å². The number of rotatable bonds is 5. The molecule has 0 spiro atoms. The highest BCUT2D eigenvalue weighted by Gasteiger charge is 2.21. The van der Waals surface area contributed by atoms with E-state index in [0.717, 1.165) is 16.8 Å². The van der Waals surface area contributed by atoms with Crippen LogP contribution in [-0.4, -0.2) is 13.7 Å². The van der Waals surface area contributed by atoms with E-state index in [1.54, 1.807) is 7.11 Å². The standard InChI is InChI=1S/C15H18BrNOS/c1-4-17-14(15-12(16)9-10(2)19-15)11-7-5-6-8-13(11)18-3/h5-9,14,17H,4H2,1-3H3. The predicted molar refractivity (Wildman–Crippen MR) is 85.3 cm³/mol. The molecule has 0 radical (unpaired) electrons. The summed E-state index contributed by atoms with van der Waals surface area (Å²) in [5, 5.41) is 3.54. The molecule has 1 unspecified atom stereocenters. The van der Waals surface area contributed by atoms with Crippen LogP contribution in [0.5, 0.6) is 5.75 Å². The highest BCUT2D eigenvalue weighted by atomic mass is 79.9. The number of benzene rings is 1. The minimum absolute atomic E-state index is 0.161. The van der Waals surface area contributed by atoms with Crippen LogP contribution in [0.4, 0.5) is 0 Å². The van der Waals surface area contributed by atoms with Gasteiger partial charge in [-0.05, 0) is 41.5 Å². The molecular formula is C15H18BrNOS. The molecule has 4 heteroatoms. The minimum atomic E-state index is 0.161. The summed E-state index contributed by atoms with van der Waals surface area (Å²) in [6.07, 6.45) is 0. The van der Waals surface area contributed by atoms with Crippen molar-refractivity contribution in [1.29, 1.82) is 0 Å². The van der Waals surface area contributed by atoms with Gasteiger partial charge in [0, 0.05) is 19.8 Å². The normalized spacial score (nSPS) is 12.4. The summed E-state index contributed by atoms with van der Waals surface area (Å²) >= 11 is 5.47. The molecule has 0 fully saturated rings. The van der Waals surface area contributed by atoms with Crippen molar-refractivity contribution in [2.75, 3.05) is 13.7 Å². The van der Waals surface area contributed by atoms with Crippen LogP contribution in [0.15, 0.2) is 34.8 Å². The Kier molecular flexibility index (Phi) is 5.02. The largest absolute Gasteiger partial charge is 0.496 e. The number of hydrogen-bond acceptors (Lipinski definition) is 3. The third-order valence-corrected chi connectivity index (χ3v) is 4.99. The van der Waals surface area contributed by atoms with Crippen molar-refractivity contribution in [3.8, 4) is 5.75 Å². The van der Waals surface area contributed by atoms with E-state index in [9.17, 15) is 0 Å². The van der Waals surface area contributed by atoms with Crippen molar-refractivity contribution in [3.63, 3.8) is 0 Å². The highest BCUT2D eigenvalue weighted by molar-refractivity contribution is 9.10. The van der Waals surface area contributed by atoms with E-state index in [1.165, 1.54) is 15.3 Å². The van der Waals surface area contributed by atoms with Gasteiger partial charge in [-0.2, -0.15) is 0 Å². The molecule has 1 aromatic heterocycles. The maximum absolute atomic E-state index is 5.49. The van der Waals surface area contributed by atoms with Crippen molar-refractivity contribution >= 4 is 27.3 Å². The zero-order valence-corrected chi connectivity index (χ0v) is 13.8. The first-order chi connectivity index (χ1) is 9.17. The van der Waals surface area contributed by atoms with E-state index in [-0.39, 0.29) is 6.04 Å². The second-order valence-electron chi connectivity index (χ2n) is 4.30. The molecule has 102 valence electrons. The molecule has 2 nitrogen and oxygen atoms in total. The third kappa shape index (κ3) is 3.19. The van der Waals surface area contributed by atoms with Crippen LogP contribution in [0.1, 0.15) is 28.3 Å². The van der Waals surface area contributed by atoms with Crippen LogP contribution in [0, 0.1) is 6.92 Å².